The zero-order chi connectivity index (χ0) is 9.26. The topological polar surface area (TPSA) is 21.3 Å². The van der Waals surface area contributed by atoms with Crippen LogP contribution in [0.4, 0.5) is 0 Å². The number of nitrogens with one attached hydrogen (secondary N) is 1. The molecule has 0 bridgehead atoms. The molecule has 2 rings (SSSR count). The Morgan fingerprint density at radius 1 is 1.62 bits per heavy atom. The van der Waals surface area contributed by atoms with Crippen LogP contribution in [0.1, 0.15) is 19.8 Å². The van der Waals surface area contributed by atoms with Crippen LogP contribution in [-0.2, 0) is 4.74 Å². The van der Waals surface area contributed by atoms with Gasteiger partial charge in [0.2, 0.25) is 0 Å². The van der Waals surface area contributed by atoms with Crippen LogP contribution in [0.3, 0.4) is 0 Å². The van der Waals surface area contributed by atoms with Gasteiger partial charge in [-0.2, -0.15) is 0 Å². The Labute approximate surface area is 84.1 Å². The maximum absolute atomic E-state index is 5.75. The molecule has 74 valence electrons. The molecule has 0 amide bonds. The van der Waals surface area contributed by atoms with Gasteiger partial charge in [-0.1, -0.05) is 6.92 Å². The highest BCUT2D eigenvalue weighted by Crippen LogP contribution is 2.43. The Kier molecular flexibility index (Phi) is 2.96. The average Bonchev–Trinajstić information content (AvgIpc) is 2.47. The highest BCUT2D eigenvalue weighted by atomic mass is 32.2. The molecule has 2 aliphatic rings. The van der Waals surface area contributed by atoms with Crippen molar-refractivity contribution in [2.24, 2.45) is 0 Å². The first kappa shape index (κ1) is 9.56. The van der Waals surface area contributed by atoms with Crippen LogP contribution in [0.15, 0.2) is 10.5 Å². The lowest BCUT2D eigenvalue weighted by molar-refractivity contribution is 0.0693. The monoisotopic (exact) mass is 199 g/mol. The summed E-state index contributed by atoms with van der Waals surface area (Å²) in [6.07, 6.45) is 2.72. The molecule has 3 heteroatoms. The van der Waals surface area contributed by atoms with Crippen molar-refractivity contribution in [3.05, 3.63) is 10.5 Å². The standard InChI is InChI=1S/C10H17NOS/c1-7-5-8-9(6-11-2)12-4-3-10(8)13-7/h7,9,11H,3-6H2,1-2H3. The summed E-state index contributed by atoms with van der Waals surface area (Å²) in [5.41, 5.74) is 1.57. The van der Waals surface area contributed by atoms with Crippen molar-refractivity contribution in [3.8, 4) is 0 Å². The maximum atomic E-state index is 5.75. The van der Waals surface area contributed by atoms with Crippen molar-refractivity contribution in [1.29, 1.82) is 0 Å². The lowest BCUT2D eigenvalue weighted by atomic mass is 10.0. The summed E-state index contributed by atoms with van der Waals surface area (Å²) >= 11 is 2.05. The largest absolute Gasteiger partial charge is 0.372 e. The van der Waals surface area contributed by atoms with E-state index in [1.165, 1.54) is 6.42 Å². The quantitative estimate of drug-likeness (QED) is 0.732. The van der Waals surface area contributed by atoms with Gasteiger partial charge in [0.1, 0.15) is 0 Å². The summed E-state index contributed by atoms with van der Waals surface area (Å²) in [6.45, 7) is 4.18. The van der Waals surface area contributed by atoms with Gasteiger partial charge in [0.05, 0.1) is 12.7 Å². The molecule has 2 unspecified atom stereocenters. The van der Waals surface area contributed by atoms with E-state index in [-0.39, 0.29) is 0 Å². The van der Waals surface area contributed by atoms with Crippen LogP contribution < -0.4 is 5.32 Å². The van der Waals surface area contributed by atoms with Gasteiger partial charge >= 0.3 is 0 Å². The Balaban J connectivity index is 2.09. The number of hydrogen-bond donors (Lipinski definition) is 1. The van der Waals surface area contributed by atoms with E-state index >= 15 is 0 Å². The summed E-state index contributed by atoms with van der Waals surface area (Å²) in [7, 11) is 1.99. The van der Waals surface area contributed by atoms with Crippen molar-refractivity contribution >= 4 is 11.8 Å². The van der Waals surface area contributed by atoms with Crippen molar-refractivity contribution in [3.63, 3.8) is 0 Å². The summed E-state index contributed by atoms with van der Waals surface area (Å²) in [4.78, 5) is 1.61. The highest BCUT2D eigenvalue weighted by Gasteiger charge is 2.30. The van der Waals surface area contributed by atoms with Crippen molar-refractivity contribution in [2.45, 2.75) is 31.1 Å². The van der Waals surface area contributed by atoms with Gasteiger partial charge < -0.3 is 10.1 Å². The highest BCUT2D eigenvalue weighted by molar-refractivity contribution is 8.03. The third-order valence-corrected chi connectivity index (χ3v) is 3.96. The van der Waals surface area contributed by atoms with E-state index in [9.17, 15) is 0 Å². The minimum atomic E-state index is 0.353. The van der Waals surface area contributed by atoms with Gasteiger partial charge in [-0.3, -0.25) is 0 Å². The second kappa shape index (κ2) is 4.03. The molecule has 2 heterocycles. The average molecular weight is 199 g/mol. The smallest absolute Gasteiger partial charge is 0.0920 e. The minimum Gasteiger partial charge on any atom is -0.372 e. The van der Waals surface area contributed by atoms with E-state index < -0.39 is 0 Å². The first-order valence-electron chi connectivity index (χ1n) is 4.96. The molecule has 2 atom stereocenters. The van der Waals surface area contributed by atoms with Gasteiger partial charge in [0.15, 0.2) is 0 Å². The third kappa shape index (κ3) is 1.92. The van der Waals surface area contributed by atoms with E-state index in [0.717, 1.165) is 24.8 Å². The molecule has 0 spiro atoms. The predicted octanol–water partition coefficient (Wildman–Crippen LogP) is 1.77. The number of ether oxygens (including phenoxy) is 1. The fourth-order valence-corrected chi connectivity index (χ4v) is 3.39. The molecule has 0 saturated heterocycles. The van der Waals surface area contributed by atoms with E-state index in [1.54, 1.807) is 10.5 Å². The maximum Gasteiger partial charge on any atom is 0.0920 e. The third-order valence-electron chi connectivity index (χ3n) is 2.64. The molecular weight excluding hydrogens is 182 g/mol. The zero-order valence-corrected chi connectivity index (χ0v) is 9.12. The molecule has 0 aliphatic carbocycles. The first-order valence-corrected chi connectivity index (χ1v) is 5.84. The summed E-state index contributed by atoms with van der Waals surface area (Å²) in [6, 6.07) is 0. The Bertz CT molecular complexity index is 227. The SMILES string of the molecule is CNCC1OCCC2=C1CC(C)S2. The lowest BCUT2D eigenvalue weighted by Crippen LogP contribution is -2.31. The number of hydrogen-bond acceptors (Lipinski definition) is 3. The zero-order valence-electron chi connectivity index (χ0n) is 8.30. The summed E-state index contributed by atoms with van der Waals surface area (Å²) < 4.78 is 5.75. The Morgan fingerprint density at radius 2 is 2.46 bits per heavy atom. The van der Waals surface area contributed by atoms with Crippen LogP contribution in [0.2, 0.25) is 0 Å². The number of likely N-dealkylation sites (N-methyl/N-ethyl adjacent to an activating group) is 1. The molecule has 2 nitrogen and oxygen atoms in total. The van der Waals surface area contributed by atoms with Gasteiger partial charge in [0, 0.05) is 18.2 Å². The molecule has 0 fully saturated rings. The number of rotatable bonds is 2. The van der Waals surface area contributed by atoms with E-state index in [4.69, 9.17) is 4.74 Å². The van der Waals surface area contributed by atoms with Crippen LogP contribution in [0.25, 0.3) is 0 Å². The van der Waals surface area contributed by atoms with Crippen LogP contribution in [-0.4, -0.2) is 31.6 Å². The van der Waals surface area contributed by atoms with E-state index in [2.05, 4.69) is 24.0 Å². The first-order chi connectivity index (χ1) is 6.31. The molecule has 0 aromatic heterocycles. The molecule has 0 radical (unpaired) electrons. The van der Waals surface area contributed by atoms with Gasteiger partial charge in [-0.05, 0) is 23.9 Å². The molecule has 1 N–H and O–H groups in total. The molecule has 0 aromatic rings. The van der Waals surface area contributed by atoms with Crippen molar-refractivity contribution < 1.29 is 4.74 Å². The minimum absolute atomic E-state index is 0.353. The second-order valence-electron chi connectivity index (χ2n) is 3.75. The fourth-order valence-electron chi connectivity index (χ4n) is 2.08. The van der Waals surface area contributed by atoms with Crippen molar-refractivity contribution in [1.82, 2.24) is 5.32 Å². The summed E-state index contributed by atoms with van der Waals surface area (Å²) in [5.74, 6) is 0. The Morgan fingerprint density at radius 3 is 3.23 bits per heavy atom. The van der Waals surface area contributed by atoms with Crippen LogP contribution >= 0.6 is 11.8 Å². The number of thioether (sulfide) groups is 1. The predicted molar refractivity (Wildman–Crippen MR) is 57.0 cm³/mol. The normalized spacial score (nSPS) is 33.7. The molecule has 0 aromatic carbocycles. The van der Waals surface area contributed by atoms with Crippen LogP contribution in [0, 0.1) is 0 Å². The Hall–Kier alpha value is 0.01000. The molecule has 0 saturated carbocycles. The van der Waals surface area contributed by atoms with Gasteiger partial charge in [0.25, 0.3) is 0 Å². The van der Waals surface area contributed by atoms with E-state index in [1.807, 2.05) is 7.05 Å². The fraction of sp³-hybridized carbons (Fsp3) is 0.800. The second-order valence-corrected chi connectivity index (χ2v) is 5.28. The summed E-state index contributed by atoms with van der Waals surface area (Å²) in [5, 5.41) is 3.97. The molecule has 13 heavy (non-hydrogen) atoms. The van der Waals surface area contributed by atoms with E-state index in [0.29, 0.717) is 6.10 Å². The molecule has 2 aliphatic heterocycles. The van der Waals surface area contributed by atoms with Crippen molar-refractivity contribution in [2.75, 3.05) is 20.2 Å². The van der Waals surface area contributed by atoms with Gasteiger partial charge in [-0.25, -0.2) is 0 Å². The van der Waals surface area contributed by atoms with Crippen LogP contribution in [0.5, 0.6) is 0 Å². The van der Waals surface area contributed by atoms with Gasteiger partial charge in [-0.15, -0.1) is 11.8 Å². The molecular formula is C10H17NOS. The lowest BCUT2D eigenvalue weighted by Gasteiger charge is -2.24.